The Kier molecular flexibility index (Phi) is 4.52. The summed E-state index contributed by atoms with van der Waals surface area (Å²) in [5, 5.41) is 8.65. The second-order valence-corrected chi connectivity index (χ2v) is 5.59. The van der Waals surface area contributed by atoms with Crippen LogP contribution in [0.1, 0.15) is 11.4 Å². The Morgan fingerprint density at radius 2 is 1.38 bits per heavy atom. The van der Waals surface area contributed by atoms with Crippen molar-refractivity contribution in [3.63, 3.8) is 0 Å². The van der Waals surface area contributed by atoms with Gasteiger partial charge in [-0.25, -0.2) is 0 Å². The van der Waals surface area contributed by atoms with Crippen molar-refractivity contribution in [1.29, 1.82) is 0 Å². The number of benzene rings is 3. The average Bonchev–Trinajstić information content (AvgIpc) is 3.20. The van der Waals surface area contributed by atoms with Crippen LogP contribution < -0.4 is 5.43 Å². The summed E-state index contributed by atoms with van der Waals surface area (Å²) >= 11 is 0. The van der Waals surface area contributed by atoms with Crippen LogP contribution in [0.5, 0.6) is 0 Å². The smallest absolute Gasteiger partial charge is 0.258 e. The van der Waals surface area contributed by atoms with Gasteiger partial charge in [0.25, 0.3) is 5.89 Å². The summed E-state index contributed by atoms with van der Waals surface area (Å²) < 4.78 is 5.44. The zero-order chi connectivity index (χ0) is 17.6. The van der Waals surface area contributed by atoms with Crippen molar-refractivity contribution in [2.75, 3.05) is 5.43 Å². The number of para-hydroxylation sites is 1. The molecule has 0 saturated carbocycles. The predicted octanol–water partition coefficient (Wildman–Crippen LogP) is 4.60. The van der Waals surface area contributed by atoms with Gasteiger partial charge in [-0.3, -0.25) is 5.43 Å². The summed E-state index contributed by atoms with van der Waals surface area (Å²) in [7, 11) is 0. The van der Waals surface area contributed by atoms with Gasteiger partial charge in [0.05, 0.1) is 5.69 Å². The molecule has 0 bridgehead atoms. The van der Waals surface area contributed by atoms with Gasteiger partial charge in [0, 0.05) is 11.1 Å². The highest BCUT2D eigenvalue weighted by atomic mass is 16.5. The molecule has 0 amide bonds. The molecule has 0 unspecified atom stereocenters. The Morgan fingerprint density at radius 1 is 0.769 bits per heavy atom. The maximum Gasteiger partial charge on any atom is 0.258 e. The zero-order valence-electron chi connectivity index (χ0n) is 13.9. The van der Waals surface area contributed by atoms with E-state index in [1.807, 2.05) is 91.0 Å². The Labute approximate surface area is 151 Å². The molecule has 1 aromatic heterocycles. The Bertz CT molecular complexity index is 996. The molecule has 0 saturated heterocycles. The molecule has 5 heteroatoms. The van der Waals surface area contributed by atoms with Gasteiger partial charge in [0.2, 0.25) is 5.82 Å². The van der Waals surface area contributed by atoms with E-state index in [0.717, 1.165) is 16.8 Å². The number of nitrogens with one attached hydrogen (secondary N) is 1. The standard InChI is InChI=1S/C21H16N4O/c1-4-10-16(11-5-1)19(24-23-18-14-8-3-9-15-18)20-22-21(26-25-20)17-12-6-2-7-13-17/h1-15,23H/b24-19-. The lowest BCUT2D eigenvalue weighted by Gasteiger charge is -2.04. The molecule has 0 aliphatic rings. The fourth-order valence-corrected chi connectivity index (χ4v) is 2.49. The summed E-state index contributed by atoms with van der Waals surface area (Å²) in [5.74, 6) is 0.891. The highest BCUT2D eigenvalue weighted by Crippen LogP contribution is 2.18. The first kappa shape index (κ1) is 15.8. The van der Waals surface area contributed by atoms with Crippen LogP contribution in [0.25, 0.3) is 11.5 Å². The normalized spacial score (nSPS) is 11.3. The van der Waals surface area contributed by atoms with Gasteiger partial charge in [0.15, 0.2) is 0 Å². The maximum absolute atomic E-state index is 5.44. The quantitative estimate of drug-likeness (QED) is 0.426. The third-order valence-electron chi connectivity index (χ3n) is 3.78. The SMILES string of the molecule is c1ccc(N/N=C(/c2ccccc2)c2noc(-c3ccccc3)n2)cc1. The molecule has 0 atom stereocenters. The molecule has 0 radical (unpaired) electrons. The first-order valence-electron chi connectivity index (χ1n) is 8.24. The van der Waals surface area contributed by atoms with E-state index in [0.29, 0.717) is 17.4 Å². The third kappa shape index (κ3) is 3.52. The van der Waals surface area contributed by atoms with E-state index in [1.54, 1.807) is 0 Å². The molecule has 0 aliphatic carbocycles. The molecule has 0 fully saturated rings. The fourth-order valence-electron chi connectivity index (χ4n) is 2.49. The number of anilines is 1. The van der Waals surface area contributed by atoms with Crippen LogP contribution in [-0.4, -0.2) is 15.9 Å². The monoisotopic (exact) mass is 340 g/mol. The third-order valence-corrected chi connectivity index (χ3v) is 3.78. The van der Waals surface area contributed by atoms with Crippen LogP contribution in [0, 0.1) is 0 Å². The molecule has 0 spiro atoms. The number of hydrazone groups is 1. The molecular weight excluding hydrogens is 324 g/mol. The Balaban J connectivity index is 1.71. The first-order valence-corrected chi connectivity index (χ1v) is 8.24. The number of hydrogen-bond donors (Lipinski definition) is 1. The summed E-state index contributed by atoms with van der Waals surface area (Å²) in [6.45, 7) is 0. The van der Waals surface area contributed by atoms with Crippen molar-refractivity contribution >= 4 is 11.4 Å². The number of nitrogens with zero attached hydrogens (tertiary/aromatic N) is 3. The van der Waals surface area contributed by atoms with Crippen LogP contribution in [0.2, 0.25) is 0 Å². The summed E-state index contributed by atoms with van der Waals surface area (Å²) in [6.07, 6.45) is 0. The van der Waals surface area contributed by atoms with E-state index in [1.165, 1.54) is 0 Å². The second kappa shape index (κ2) is 7.44. The summed E-state index contributed by atoms with van der Waals surface area (Å²) in [6, 6.07) is 29.2. The fraction of sp³-hybridized carbons (Fsp3) is 0. The number of rotatable bonds is 5. The highest BCUT2D eigenvalue weighted by Gasteiger charge is 2.16. The minimum atomic E-state index is 0.429. The predicted molar refractivity (Wildman–Crippen MR) is 102 cm³/mol. The van der Waals surface area contributed by atoms with E-state index in [9.17, 15) is 0 Å². The van der Waals surface area contributed by atoms with Gasteiger partial charge < -0.3 is 4.52 Å². The van der Waals surface area contributed by atoms with Gasteiger partial charge in [-0.1, -0.05) is 71.9 Å². The van der Waals surface area contributed by atoms with Crippen LogP contribution in [-0.2, 0) is 0 Å². The van der Waals surface area contributed by atoms with Gasteiger partial charge in [-0.2, -0.15) is 10.1 Å². The molecular formula is C21H16N4O. The van der Waals surface area contributed by atoms with Crippen molar-refractivity contribution in [2.24, 2.45) is 5.10 Å². The summed E-state index contributed by atoms with van der Waals surface area (Å²) in [5.41, 5.74) is 6.32. The second-order valence-electron chi connectivity index (χ2n) is 5.59. The minimum Gasteiger partial charge on any atom is -0.334 e. The molecule has 1 heterocycles. The van der Waals surface area contributed by atoms with Crippen molar-refractivity contribution in [3.8, 4) is 11.5 Å². The lowest BCUT2D eigenvalue weighted by atomic mass is 10.1. The lowest BCUT2D eigenvalue weighted by molar-refractivity contribution is 0.429. The number of hydrogen-bond acceptors (Lipinski definition) is 5. The topological polar surface area (TPSA) is 63.3 Å². The zero-order valence-corrected chi connectivity index (χ0v) is 13.9. The van der Waals surface area contributed by atoms with Gasteiger partial charge in [-0.05, 0) is 24.3 Å². The lowest BCUT2D eigenvalue weighted by Crippen LogP contribution is -2.08. The molecule has 0 aliphatic heterocycles. The molecule has 26 heavy (non-hydrogen) atoms. The van der Waals surface area contributed by atoms with Crippen molar-refractivity contribution in [3.05, 3.63) is 102 Å². The van der Waals surface area contributed by atoms with Crippen molar-refractivity contribution in [1.82, 2.24) is 10.1 Å². The Morgan fingerprint density at radius 3 is 2.08 bits per heavy atom. The largest absolute Gasteiger partial charge is 0.334 e. The van der Waals surface area contributed by atoms with Gasteiger partial charge in [0.1, 0.15) is 5.71 Å². The van der Waals surface area contributed by atoms with Crippen molar-refractivity contribution < 1.29 is 4.52 Å². The van der Waals surface area contributed by atoms with Crippen LogP contribution in [0.3, 0.4) is 0 Å². The average molecular weight is 340 g/mol. The van der Waals surface area contributed by atoms with E-state index in [-0.39, 0.29) is 0 Å². The maximum atomic E-state index is 5.44. The van der Waals surface area contributed by atoms with Gasteiger partial charge >= 0.3 is 0 Å². The molecule has 126 valence electrons. The van der Waals surface area contributed by atoms with Crippen LogP contribution in [0.4, 0.5) is 5.69 Å². The summed E-state index contributed by atoms with van der Waals surface area (Å²) in [4.78, 5) is 4.52. The molecule has 4 rings (SSSR count). The molecule has 1 N–H and O–H groups in total. The molecule has 5 nitrogen and oxygen atoms in total. The molecule has 4 aromatic rings. The van der Waals surface area contributed by atoms with Crippen molar-refractivity contribution in [2.45, 2.75) is 0 Å². The molecule has 3 aromatic carbocycles. The van der Waals surface area contributed by atoms with Crippen LogP contribution in [0.15, 0.2) is 101 Å². The van der Waals surface area contributed by atoms with E-state index in [4.69, 9.17) is 4.52 Å². The van der Waals surface area contributed by atoms with E-state index >= 15 is 0 Å². The highest BCUT2D eigenvalue weighted by molar-refractivity contribution is 6.10. The first-order chi connectivity index (χ1) is 12.9. The number of aromatic nitrogens is 2. The van der Waals surface area contributed by atoms with Crippen LogP contribution >= 0.6 is 0 Å². The van der Waals surface area contributed by atoms with E-state index < -0.39 is 0 Å². The minimum absolute atomic E-state index is 0.429. The Hall–Kier alpha value is -3.73. The van der Waals surface area contributed by atoms with Gasteiger partial charge in [-0.15, -0.1) is 0 Å². The van der Waals surface area contributed by atoms with E-state index in [2.05, 4.69) is 20.7 Å².